The molecule has 2 nitrogen and oxygen atoms in total. The van der Waals surface area contributed by atoms with Crippen LogP contribution in [0.1, 0.15) is 35.4 Å². The van der Waals surface area contributed by atoms with Crippen molar-refractivity contribution in [2.45, 2.75) is 33.2 Å². The second kappa shape index (κ2) is 6.11. The average molecular weight is 275 g/mol. The van der Waals surface area contributed by atoms with Crippen LogP contribution in [0.2, 0.25) is 0 Å². The van der Waals surface area contributed by atoms with Crippen molar-refractivity contribution < 1.29 is 4.74 Å². The van der Waals surface area contributed by atoms with Crippen molar-refractivity contribution in [1.82, 2.24) is 0 Å². The number of methoxy groups -OCH3 is 1. The Morgan fingerprint density at radius 1 is 1.26 bits per heavy atom. The van der Waals surface area contributed by atoms with Crippen molar-refractivity contribution in [2.75, 3.05) is 12.4 Å². The van der Waals surface area contributed by atoms with E-state index in [2.05, 4.69) is 55.7 Å². The van der Waals surface area contributed by atoms with Gasteiger partial charge in [0.15, 0.2) is 0 Å². The Kier molecular flexibility index (Phi) is 4.48. The lowest BCUT2D eigenvalue weighted by atomic mass is 10.1. The zero-order valence-electron chi connectivity index (χ0n) is 12.0. The Morgan fingerprint density at radius 3 is 2.63 bits per heavy atom. The minimum absolute atomic E-state index is 0.367. The van der Waals surface area contributed by atoms with Crippen molar-refractivity contribution in [2.24, 2.45) is 0 Å². The molecule has 1 aromatic carbocycles. The molecule has 0 spiro atoms. The molecule has 0 bridgehead atoms. The highest BCUT2D eigenvalue weighted by atomic mass is 32.1. The summed E-state index contributed by atoms with van der Waals surface area (Å²) in [6, 6.07) is 8.91. The molecule has 0 amide bonds. The first kappa shape index (κ1) is 13.9. The summed E-state index contributed by atoms with van der Waals surface area (Å²) in [5, 5.41) is 5.76. The van der Waals surface area contributed by atoms with Crippen LogP contribution in [0.5, 0.6) is 5.75 Å². The molecule has 102 valence electrons. The third-order valence-corrected chi connectivity index (χ3v) is 4.42. The molecule has 1 N–H and O–H groups in total. The molecule has 2 rings (SSSR count). The van der Waals surface area contributed by atoms with E-state index < -0.39 is 0 Å². The van der Waals surface area contributed by atoms with Gasteiger partial charge in [0.25, 0.3) is 0 Å². The van der Waals surface area contributed by atoms with Crippen LogP contribution >= 0.6 is 11.3 Å². The summed E-state index contributed by atoms with van der Waals surface area (Å²) >= 11 is 1.80. The van der Waals surface area contributed by atoms with E-state index in [1.165, 1.54) is 16.0 Å². The number of ether oxygens (including phenoxy) is 1. The van der Waals surface area contributed by atoms with Crippen LogP contribution in [0.25, 0.3) is 0 Å². The van der Waals surface area contributed by atoms with Gasteiger partial charge in [-0.1, -0.05) is 19.1 Å². The number of aryl methyl sites for hydroxylation is 1. The summed E-state index contributed by atoms with van der Waals surface area (Å²) in [5.74, 6) is 0.978. The minimum atomic E-state index is 0.367. The van der Waals surface area contributed by atoms with Gasteiger partial charge in [0.05, 0.1) is 13.2 Å². The van der Waals surface area contributed by atoms with Gasteiger partial charge in [0, 0.05) is 16.1 Å². The van der Waals surface area contributed by atoms with Crippen LogP contribution in [-0.2, 0) is 0 Å². The summed E-state index contributed by atoms with van der Waals surface area (Å²) in [4.78, 5) is 1.38. The molecule has 0 saturated carbocycles. The number of nitrogens with one attached hydrogen (secondary N) is 1. The van der Waals surface area contributed by atoms with Crippen LogP contribution in [0.15, 0.2) is 29.6 Å². The molecule has 3 heteroatoms. The number of thiophene rings is 1. The predicted octanol–water partition coefficient (Wildman–Crippen LogP) is 4.94. The summed E-state index contributed by atoms with van der Waals surface area (Å²) in [6.45, 7) is 6.39. The number of rotatable bonds is 5. The Morgan fingerprint density at radius 2 is 2.05 bits per heavy atom. The summed E-state index contributed by atoms with van der Waals surface area (Å²) < 4.78 is 5.48. The first-order chi connectivity index (χ1) is 9.17. The molecule has 1 unspecified atom stereocenters. The van der Waals surface area contributed by atoms with Crippen LogP contribution in [0.4, 0.5) is 5.69 Å². The third kappa shape index (κ3) is 2.92. The summed E-state index contributed by atoms with van der Waals surface area (Å²) in [5.41, 5.74) is 3.51. The highest BCUT2D eigenvalue weighted by molar-refractivity contribution is 7.10. The quantitative estimate of drug-likeness (QED) is 0.834. The maximum Gasteiger partial charge on any atom is 0.126 e. The van der Waals surface area contributed by atoms with E-state index in [4.69, 9.17) is 4.74 Å². The van der Waals surface area contributed by atoms with Crippen molar-refractivity contribution in [3.8, 4) is 5.75 Å². The highest BCUT2D eigenvalue weighted by Crippen LogP contribution is 2.33. The van der Waals surface area contributed by atoms with E-state index >= 15 is 0 Å². The fraction of sp³-hybridized carbons (Fsp3) is 0.375. The number of anilines is 1. The molecule has 0 aliphatic heterocycles. The molecule has 0 fully saturated rings. The molecule has 19 heavy (non-hydrogen) atoms. The fourth-order valence-electron chi connectivity index (χ4n) is 2.35. The van der Waals surface area contributed by atoms with Crippen LogP contribution in [0.3, 0.4) is 0 Å². The first-order valence-corrected chi connectivity index (χ1v) is 7.49. The summed E-state index contributed by atoms with van der Waals surface area (Å²) in [7, 11) is 1.73. The monoisotopic (exact) mass is 275 g/mol. The van der Waals surface area contributed by atoms with Crippen LogP contribution in [-0.4, -0.2) is 7.11 Å². The van der Waals surface area contributed by atoms with E-state index in [0.717, 1.165) is 17.9 Å². The SMILES string of the molecule is CCC(Nc1ccc(C)c(OC)c1C)c1cccs1. The molecule has 0 radical (unpaired) electrons. The zero-order chi connectivity index (χ0) is 13.8. The second-order valence-corrected chi connectivity index (χ2v) is 5.69. The summed E-state index contributed by atoms with van der Waals surface area (Å²) in [6.07, 6.45) is 1.07. The largest absolute Gasteiger partial charge is 0.496 e. The fourth-order valence-corrected chi connectivity index (χ4v) is 3.21. The van der Waals surface area contributed by atoms with Gasteiger partial charge in [-0.15, -0.1) is 11.3 Å². The van der Waals surface area contributed by atoms with Gasteiger partial charge in [0.2, 0.25) is 0 Å². The molecular weight excluding hydrogens is 254 g/mol. The van der Waals surface area contributed by atoms with E-state index in [1.807, 2.05) is 0 Å². The van der Waals surface area contributed by atoms with Gasteiger partial charge < -0.3 is 10.1 Å². The average Bonchev–Trinajstić information content (AvgIpc) is 2.92. The normalized spacial score (nSPS) is 12.2. The van der Waals surface area contributed by atoms with Gasteiger partial charge in [-0.05, 0) is 43.3 Å². The minimum Gasteiger partial charge on any atom is -0.496 e. The molecule has 1 atom stereocenters. The molecule has 1 heterocycles. The lowest BCUT2D eigenvalue weighted by Gasteiger charge is -2.20. The van der Waals surface area contributed by atoms with Gasteiger partial charge in [-0.25, -0.2) is 0 Å². The Labute approximate surface area is 119 Å². The van der Waals surface area contributed by atoms with Crippen molar-refractivity contribution in [3.05, 3.63) is 45.6 Å². The number of hydrogen-bond donors (Lipinski definition) is 1. The second-order valence-electron chi connectivity index (χ2n) is 4.71. The van der Waals surface area contributed by atoms with Gasteiger partial charge in [-0.2, -0.15) is 0 Å². The van der Waals surface area contributed by atoms with E-state index in [-0.39, 0.29) is 0 Å². The van der Waals surface area contributed by atoms with E-state index in [9.17, 15) is 0 Å². The Balaban J connectivity index is 2.28. The topological polar surface area (TPSA) is 21.3 Å². The molecule has 1 aromatic heterocycles. The van der Waals surface area contributed by atoms with E-state index in [1.54, 1.807) is 18.4 Å². The number of hydrogen-bond acceptors (Lipinski definition) is 3. The first-order valence-electron chi connectivity index (χ1n) is 6.61. The molecule has 0 aliphatic carbocycles. The van der Waals surface area contributed by atoms with Crippen molar-refractivity contribution in [3.63, 3.8) is 0 Å². The maximum atomic E-state index is 5.48. The standard InChI is InChI=1S/C16H21NOS/c1-5-13(15-7-6-10-19-15)17-14-9-8-11(2)16(18-4)12(14)3/h6-10,13,17H,5H2,1-4H3. The Bertz CT molecular complexity index is 534. The smallest absolute Gasteiger partial charge is 0.126 e. The van der Waals surface area contributed by atoms with Gasteiger partial charge in [-0.3, -0.25) is 0 Å². The van der Waals surface area contributed by atoms with Gasteiger partial charge >= 0.3 is 0 Å². The Hall–Kier alpha value is -1.48. The predicted molar refractivity (Wildman–Crippen MR) is 83.4 cm³/mol. The molecular formula is C16H21NOS. The van der Waals surface area contributed by atoms with Crippen molar-refractivity contribution >= 4 is 17.0 Å². The number of benzene rings is 1. The lowest BCUT2D eigenvalue weighted by molar-refractivity contribution is 0.409. The highest BCUT2D eigenvalue weighted by Gasteiger charge is 2.13. The third-order valence-electron chi connectivity index (χ3n) is 3.43. The van der Waals surface area contributed by atoms with Crippen molar-refractivity contribution in [1.29, 1.82) is 0 Å². The molecule has 0 saturated heterocycles. The molecule has 0 aliphatic rings. The van der Waals surface area contributed by atoms with Crippen LogP contribution in [0, 0.1) is 13.8 Å². The lowest BCUT2D eigenvalue weighted by Crippen LogP contribution is -2.09. The maximum absolute atomic E-state index is 5.48. The zero-order valence-corrected chi connectivity index (χ0v) is 12.8. The molecule has 2 aromatic rings. The van der Waals surface area contributed by atoms with Gasteiger partial charge in [0.1, 0.15) is 5.75 Å². The van der Waals surface area contributed by atoms with Crippen LogP contribution < -0.4 is 10.1 Å². The van der Waals surface area contributed by atoms with E-state index in [0.29, 0.717) is 6.04 Å².